The fourth-order valence-electron chi connectivity index (χ4n) is 4.16. The molecule has 0 saturated carbocycles. The summed E-state index contributed by atoms with van der Waals surface area (Å²) in [5, 5.41) is 2.93. The third-order valence-electron chi connectivity index (χ3n) is 5.95. The topological polar surface area (TPSA) is 90.9 Å². The van der Waals surface area contributed by atoms with Crippen LogP contribution in [-0.4, -0.2) is 53.1 Å². The molecular formula is C22H30NO6Si. The van der Waals surface area contributed by atoms with Crippen molar-refractivity contribution in [1.82, 2.24) is 5.32 Å². The number of carbonyl (C=O) groups excluding carboxylic acids is 3. The molecule has 1 aromatic rings. The minimum absolute atomic E-state index is 0.0215. The summed E-state index contributed by atoms with van der Waals surface area (Å²) in [6.45, 7) is 11.1. The zero-order valence-electron chi connectivity index (χ0n) is 18.4. The largest absolute Gasteiger partial charge is 0.492 e. The van der Waals surface area contributed by atoms with Crippen LogP contribution in [0.1, 0.15) is 41.5 Å². The second-order valence-corrected chi connectivity index (χ2v) is 11.3. The van der Waals surface area contributed by atoms with Gasteiger partial charge in [-0.05, 0) is 42.6 Å². The SMILES string of the molecule is COC(=O)c1ccc2c(c1)C(=O)[C@H]([C@H]1NC(=O)[C@H]1[C@@H](CO[Si](C)C)C(C)(C)C)CO2. The van der Waals surface area contributed by atoms with Gasteiger partial charge in [-0.2, -0.15) is 0 Å². The molecule has 3 rings (SSSR count). The number of fused-ring (bicyclic) bond motifs is 1. The molecule has 2 aliphatic heterocycles. The molecule has 0 bridgehead atoms. The molecule has 0 aliphatic carbocycles. The molecule has 30 heavy (non-hydrogen) atoms. The average molecular weight is 433 g/mol. The van der Waals surface area contributed by atoms with Crippen molar-refractivity contribution in [1.29, 1.82) is 0 Å². The van der Waals surface area contributed by atoms with Gasteiger partial charge in [-0.25, -0.2) is 4.79 Å². The molecule has 2 heterocycles. The van der Waals surface area contributed by atoms with E-state index in [-0.39, 0.29) is 41.6 Å². The van der Waals surface area contributed by atoms with Gasteiger partial charge in [0.1, 0.15) is 12.4 Å². The number of ketones is 1. The van der Waals surface area contributed by atoms with Crippen LogP contribution >= 0.6 is 0 Å². The molecule has 1 saturated heterocycles. The van der Waals surface area contributed by atoms with E-state index in [0.717, 1.165) is 0 Å². The van der Waals surface area contributed by atoms with Gasteiger partial charge in [0, 0.05) is 6.61 Å². The first kappa shape index (κ1) is 22.5. The molecule has 163 valence electrons. The fraction of sp³-hybridized carbons (Fsp3) is 0.591. The second kappa shape index (κ2) is 8.51. The number of hydrogen-bond acceptors (Lipinski definition) is 6. The molecule has 0 unspecified atom stereocenters. The number of amides is 1. The lowest BCUT2D eigenvalue weighted by Crippen LogP contribution is -2.68. The lowest BCUT2D eigenvalue weighted by molar-refractivity contribution is -0.144. The number of Topliss-reactive ketones (excluding diaryl/α,β-unsaturated/α-hetero) is 1. The normalized spacial score (nSPS) is 24.4. The van der Waals surface area contributed by atoms with Crippen molar-refractivity contribution in [3.8, 4) is 5.75 Å². The van der Waals surface area contributed by atoms with Crippen LogP contribution in [0.3, 0.4) is 0 Å². The highest BCUT2D eigenvalue weighted by molar-refractivity contribution is 6.48. The maximum absolute atomic E-state index is 13.3. The predicted octanol–water partition coefficient (Wildman–Crippen LogP) is 2.71. The molecule has 1 radical (unpaired) electrons. The van der Waals surface area contributed by atoms with Crippen molar-refractivity contribution >= 4 is 26.7 Å². The standard InChI is InChI=1S/C22H30NO6Si/c1-22(2,3)15(11-29-30(5)6)17-18(23-20(17)25)14-10-28-16-8-7-12(21(26)27-4)9-13(16)19(14)24/h7-9,14-15,17-18H,10-11H2,1-6H3,(H,23,25)/t14-,15+,17-,18+/m0/s1. The molecular weight excluding hydrogens is 402 g/mol. The van der Waals surface area contributed by atoms with Crippen LogP contribution in [0, 0.1) is 23.2 Å². The van der Waals surface area contributed by atoms with E-state index in [4.69, 9.17) is 13.9 Å². The minimum Gasteiger partial charge on any atom is -0.492 e. The molecule has 0 aromatic heterocycles. The van der Waals surface area contributed by atoms with E-state index in [1.54, 1.807) is 12.1 Å². The van der Waals surface area contributed by atoms with Crippen LogP contribution < -0.4 is 10.1 Å². The number of hydrogen-bond donors (Lipinski definition) is 1. The monoisotopic (exact) mass is 432 g/mol. The van der Waals surface area contributed by atoms with Crippen LogP contribution in [-0.2, 0) is 14.0 Å². The number of rotatable bonds is 6. The van der Waals surface area contributed by atoms with Crippen molar-refractivity contribution in [3.63, 3.8) is 0 Å². The van der Waals surface area contributed by atoms with E-state index in [0.29, 0.717) is 23.5 Å². The molecule has 2 aliphatic rings. The Bertz CT molecular complexity index is 847. The zero-order chi connectivity index (χ0) is 22.2. The van der Waals surface area contributed by atoms with Gasteiger partial charge < -0.3 is 19.2 Å². The van der Waals surface area contributed by atoms with E-state index in [1.165, 1.54) is 13.2 Å². The minimum atomic E-state index is -0.898. The second-order valence-electron chi connectivity index (χ2n) is 9.24. The molecule has 1 N–H and O–H groups in total. The molecule has 1 aromatic carbocycles. The van der Waals surface area contributed by atoms with Crippen molar-refractivity contribution in [2.24, 2.45) is 23.2 Å². The number of ether oxygens (including phenoxy) is 2. The first-order valence-corrected chi connectivity index (χ1v) is 12.6. The third kappa shape index (κ3) is 4.30. The summed E-state index contributed by atoms with van der Waals surface area (Å²) in [6.07, 6.45) is 0. The first-order chi connectivity index (χ1) is 14.0. The molecule has 4 atom stereocenters. The average Bonchev–Trinajstić information content (AvgIpc) is 2.68. The van der Waals surface area contributed by atoms with Crippen molar-refractivity contribution in [2.45, 2.75) is 39.9 Å². The maximum atomic E-state index is 13.3. The van der Waals surface area contributed by atoms with Gasteiger partial charge >= 0.3 is 5.97 Å². The molecule has 1 amide bonds. The number of esters is 1. The number of methoxy groups -OCH3 is 1. The smallest absolute Gasteiger partial charge is 0.337 e. The van der Waals surface area contributed by atoms with Crippen LogP contribution in [0.25, 0.3) is 0 Å². The Morgan fingerprint density at radius 1 is 1.30 bits per heavy atom. The lowest BCUT2D eigenvalue weighted by atomic mass is 9.64. The Hall–Kier alpha value is -2.19. The quantitative estimate of drug-likeness (QED) is 0.422. The maximum Gasteiger partial charge on any atom is 0.337 e. The number of nitrogens with one attached hydrogen (secondary N) is 1. The summed E-state index contributed by atoms with van der Waals surface area (Å²) in [6, 6.07) is 4.38. The molecule has 0 spiro atoms. The fourth-order valence-corrected chi connectivity index (χ4v) is 4.68. The lowest BCUT2D eigenvalue weighted by Gasteiger charge is -2.49. The van der Waals surface area contributed by atoms with E-state index < -0.39 is 20.9 Å². The zero-order valence-corrected chi connectivity index (χ0v) is 19.4. The van der Waals surface area contributed by atoms with E-state index >= 15 is 0 Å². The van der Waals surface area contributed by atoms with Crippen LogP contribution in [0.2, 0.25) is 13.1 Å². The Labute approximate surface area is 179 Å². The molecule has 7 nitrogen and oxygen atoms in total. The molecule has 1 fully saturated rings. The third-order valence-corrected chi connectivity index (χ3v) is 6.69. The van der Waals surface area contributed by atoms with Crippen LogP contribution in [0.5, 0.6) is 5.75 Å². The van der Waals surface area contributed by atoms with Gasteiger partial charge in [-0.3, -0.25) is 9.59 Å². The van der Waals surface area contributed by atoms with Gasteiger partial charge in [0.05, 0.1) is 36.1 Å². The van der Waals surface area contributed by atoms with Crippen LogP contribution in [0.15, 0.2) is 18.2 Å². The number of carbonyl (C=O) groups is 3. The Balaban J connectivity index is 1.86. The van der Waals surface area contributed by atoms with Gasteiger partial charge in [0.15, 0.2) is 5.78 Å². The van der Waals surface area contributed by atoms with Crippen molar-refractivity contribution in [3.05, 3.63) is 29.3 Å². The summed E-state index contributed by atoms with van der Waals surface area (Å²) >= 11 is 0. The van der Waals surface area contributed by atoms with Gasteiger partial charge in [0.2, 0.25) is 14.9 Å². The highest BCUT2D eigenvalue weighted by Gasteiger charge is 2.54. The van der Waals surface area contributed by atoms with E-state index in [1.807, 2.05) is 0 Å². The van der Waals surface area contributed by atoms with Gasteiger partial charge in [-0.15, -0.1) is 0 Å². The summed E-state index contributed by atoms with van der Waals surface area (Å²) in [7, 11) is 0.399. The number of benzene rings is 1. The Kier molecular flexibility index (Phi) is 6.38. The highest BCUT2D eigenvalue weighted by Crippen LogP contribution is 2.42. The van der Waals surface area contributed by atoms with Gasteiger partial charge in [-0.1, -0.05) is 20.8 Å². The summed E-state index contributed by atoms with van der Waals surface area (Å²) in [5.41, 5.74) is 0.488. The Morgan fingerprint density at radius 2 is 2.00 bits per heavy atom. The van der Waals surface area contributed by atoms with Crippen molar-refractivity contribution < 1.29 is 28.3 Å². The molecule has 8 heteroatoms. The number of β-lactam (4-membered cyclic amide) rings is 1. The summed E-state index contributed by atoms with van der Waals surface area (Å²) in [4.78, 5) is 37.7. The van der Waals surface area contributed by atoms with Gasteiger partial charge in [0.25, 0.3) is 0 Å². The first-order valence-electron chi connectivity index (χ1n) is 10.2. The van der Waals surface area contributed by atoms with Crippen molar-refractivity contribution in [2.75, 3.05) is 20.3 Å². The summed E-state index contributed by atoms with van der Waals surface area (Å²) < 4.78 is 16.5. The van der Waals surface area contributed by atoms with E-state index in [2.05, 4.69) is 39.2 Å². The van der Waals surface area contributed by atoms with E-state index in [9.17, 15) is 14.4 Å². The summed E-state index contributed by atoms with van der Waals surface area (Å²) in [5.74, 6) is -1.09. The predicted molar refractivity (Wildman–Crippen MR) is 113 cm³/mol. The van der Waals surface area contributed by atoms with Crippen LogP contribution in [0.4, 0.5) is 0 Å². The highest BCUT2D eigenvalue weighted by atomic mass is 28.3. The Morgan fingerprint density at radius 3 is 2.57 bits per heavy atom.